The number of aromatic nitrogens is 1. The molecule has 3 rings (SSSR count). The van der Waals surface area contributed by atoms with Crippen molar-refractivity contribution in [1.82, 2.24) is 4.98 Å². The average molecular weight is 346 g/mol. The van der Waals surface area contributed by atoms with Gasteiger partial charge in [0.25, 0.3) is 0 Å². The van der Waals surface area contributed by atoms with Crippen LogP contribution in [-0.4, -0.2) is 17.5 Å². The smallest absolute Gasteiger partial charge is 0.387 e. The van der Waals surface area contributed by atoms with E-state index in [1.165, 1.54) is 29.6 Å². The van der Waals surface area contributed by atoms with Gasteiger partial charge in [-0.3, -0.25) is 10.1 Å². The summed E-state index contributed by atoms with van der Waals surface area (Å²) in [5, 5.41) is 3.13. The fourth-order valence-electron chi connectivity index (χ4n) is 2.06. The standard InChI is InChI=1S/C17H12F2N2O2S/c18-16(19)23-13-7-3-1-5-11(13)9-10-15(22)21-17-20-12-6-2-4-8-14(12)24-17/h1-10,16H,(H,20,21,22)/b10-9+. The van der Waals surface area contributed by atoms with Crippen molar-refractivity contribution in [3.8, 4) is 5.75 Å². The number of thiazole rings is 1. The van der Waals surface area contributed by atoms with Gasteiger partial charge in [0, 0.05) is 11.6 Å². The summed E-state index contributed by atoms with van der Waals surface area (Å²) >= 11 is 1.36. The first-order valence-corrected chi connectivity index (χ1v) is 7.82. The number of hydrogen-bond donors (Lipinski definition) is 1. The van der Waals surface area contributed by atoms with E-state index >= 15 is 0 Å². The number of carbonyl (C=O) groups excluding carboxylic acids is 1. The number of carbonyl (C=O) groups is 1. The first kappa shape index (κ1) is 16.1. The minimum atomic E-state index is -2.92. The number of alkyl halides is 2. The summed E-state index contributed by atoms with van der Waals surface area (Å²) in [5.74, 6) is -0.391. The summed E-state index contributed by atoms with van der Waals surface area (Å²) < 4.78 is 30.1. The van der Waals surface area contributed by atoms with Gasteiger partial charge >= 0.3 is 6.61 Å². The maximum Gasteiger partial charge on any atom is 0.387 e. The molecule has 4 nitrogen and oxygen atoms in total. The predicted octanol–water partition coefficient (Wildman–Crippen LogP) is 4.55. The van der Waals surface area contributed by atoms with Crippen LogP contribution in [0.2, 0.25) is 0 Å². The lowest BCUT2D eigenvalue weighted by Crippen LogP contribution is -2.07. The molecular formula is C17H12F2N2O2S. The summed E-state index contributed by atoms with van der Waals surface area (Å²) in [7, 11) is 0. The molecule has 0 saturated carbocycles. The number of halogens is 2. The molecule has 0 radical (unpaired) electrons. The highest BCUT2D eigenvalue weighted by Crippen LogP contribution is 2.25. The fraction of sp³-hybridized carbons (Fsp3) is 0.0588. The highest BCUT2D eigenvalue weighted by molar-refractivity contribution is 7.22. The van der Waals surface area contributed by atoms with Crippen LogP contribution in [0, 0.1) is 0 Å². The van der Waals surface area contributed by atoms with Crippen molar-refractivity contribution in [3.63, 3.8) is 0 Å². The lowest BCUT2D eigenvalue weighted by molar-refractivity contribution is -0.111. The second kappa shape index (κ2) is 7.18. The summed E-state index contributed by atoms with van der Waals surface area (Å²) in [6.45, 7) is -2.92. The lowest BCUT2D eigenvalue weighted by Gasteiger charge is -2.07. The Hall–Kier alpha value is -2.80. The van der Waals surface area contributed by atoms with Crippen LogP contribution in [0.4, 0.5) is 13.9 Å². The number of nitrogens with one attached hydrogen (secondary N) is 1. The van der Waals surface area contributed by atoms with Gasteiger partial charge in [0.2, 0.25) is 5.91 Å². The number of para-hydroxylation sites is 2. The third kappa shape index (κ3) is 3.94. The van der Waals surface area contributed by atoms with Crippen LogP contribution in [0.5, 0.6) is 5.75 Å². The summed E-state index contributed by atoms with van der Waals surface area (Å²) in [6.07, 6.45) is 2.67. The van der Waals surface area contributed by atoms with Gasteiger partial charge in [-0.1, -0.05) is 41.7 Å². The molecule has 122 valence electrons. The summed E-state index contributed by atoms with van der Waals surface area (Å²) in [6, 6.07) is 13.8. The van der Waals surface area contributed by atoms with Crippen LogP contribution in [0.1, 0.15) is 5.56 Å². The molecule has 3 aromatic rings. The van der Waals surface area contributed by atoms with Crippen LogP contribution in [0.3, 0.4) is 0 Å². The molecule has 0 unspecified atom stereocenters. The molecule has 1 aromatic heterocycles. The Morgan fingerprint density at radius 3 is 2.71 bits per heavy atom. The van der Waals surface area contributed by atoms with Crippen molar-refractivity contribution >= 4 is 38.7 Å². The van der Waals surface area contributed by atoms with Gasteiger partial charge in [0.05, 0.1) is 10.2 Å². The highest BCUT2D eigenvalue weighted by Gasteiger charge is 2.08. The van der Waals surface area contributed by atoms with Gasteiger partial charge < -0.3 is 4.74 Å². The van der Waals surface area contributed by atoms with E-state index in [4.69, 9.17) is 0 Å². The van der Waals surface area contributed by atoms with E-state index in [1.54, 1.807) is 18.2 Å². The first-order valence-electron chi connectivity index (χ1n) is 7.00. The predicted molar refractivity (Wildman–Crippen MR) is 90.4 cm³/mol. The Morgan fingerprint density at radius 1 is 1.17 bits per heavy atom. The largest absolute Gasteiger partial charge is 0.434 e. The van der Waals surface area contributed by atoms with E-state index in [2.05, 4.69) is 15.0 Å². The molecule has 2 aromatic carbocycles. The normalized spacial score (nSPS) is 11.3. The molecule has 0 saturated heterocycles. The Morgan fingerprint density at radius 2 is 1.92 bits per heavy atom. The monoisotopic (exact) mass is 346 g/mol. The van der Waals surface area contributed by atoms with Gasteiger partial charge in [-0.2, -0.15) is 8.78 Å². The van der Waals surface area contributed by atoms with E-state index in [0.717, 1.165) is 10.2 Å². The van der Waals surface area contributed by atoms with Gasteiger partial charge in [-0.05, 0) is 24.3 Å². The number of rotatable bonds is 5. The zero-order chi connectivity index (χ0) is 16.9. The Bertz CT molecular complexity index is 860. The molecule has 1 heterocycles. The fourth-order valence-corrected chi connectivity index (χ4v) is 2.93. The summed E-state index contributed by atoms with van der Waals surface area (Å²) in [4.78, 5) is 16.3. The maximum absolute atomic E-state index is 12.4. The quantitative estimate of drug-likeness (QED) is 0.690. The van der Waals surface area contributed by atoms with Gasteiger partial charge in [0.1, 0.15) is 5.75 Å². The van der Waals surface area contributed by atoms with Crippen LogP contribution in [0.15, 0.2) is 54.6 Å². The third-order valence-corrected chi connectivity index (χ3v) is 4.03. The molecule has 0 aliphatic heterocycles. The Labute approximate surface area is 140 Å². The van der Waals surface area contributed by atoms with Crippen molar-refractivity contribution in [2.24, 2.45) is 0 Å². The van der Waals surface area contributed by atoms with E-state index < -0.39 is 12.5 Å². The van der Waals surface area contributed by atoms with Crippen LogP contribution < -0.4 is 10.1 Å². The lowest BCUT2D eigenvalue weighted by atomic mass is 10.2. The molecule has 0 spiro atoms. The molecule has 0 bridgehead atoms. The van der Waals surface area contributed by atoms with Crippen molar-refractivity contribution in [3.05, 3.63) is 60.2 Å². The molecular weight excluding hydrogens is 334 g/mol. The van der Waals surface area contributed by atoms with E-state index in [-0.39, 0.29) is 5.75 Å². The molecule has 24 heavy (non-hydrogen) atoms. The van der Waals surface area contributed by atoms with Gasteiger partial charge in [-0.25, -0.2) is 4.98 Å². The number of ether oxygens (including phenoxy) is 1. The number of benzene rings is 2. The maximum atomic E-state index is 12.4. The zero-order valence-corrected chi connectivity index (χ0v) is 13.1. The second-order valence-corrected chi connectivity index (χ2v) is 5.76. The van der Waals surface area contributed by atoms with Crippen molar-refractivity contribution in [2.45, 2.75) is 6.61 Å². The van der Waals surface area contributed by atoms with E-state index in [0.29, 0.717) is 10.7 Å². The van der Waals surface area contributed by atoms with Gasteiger partial charge in [0.15, 0.2) is 5.13 Å². The first-order chi connectivity index (χ1) is 11.6. The molecule has 0 fully saturated rings. The van der Waals surface area contributed by atoms with Crippen LogP contribution in [0.25, 0.3) is 16.3 Å². The number of hydrogen-bond acceptors (Lipinski definition) is 4. The van der Waals surface area contributed by atoms with Crippen molar-refractivity contribution < 1.29 is 18.3 Å². The molecule has 7 heteroatoms. The third-order valence-electron chi connectivity index (χ3n) is 3.07. The Kier molecular flexibility index (Phi) is 4.81. The molecule has 0 atom stereocenters. The molecule has 1 amide bonds. The van der Waals surface area contributed by atoms with Gasteiger partial charge in [-0.15, -0.1) is 0 Å². The average Bonchev–Trinajstić information content (AvgIpc) is 2.95. The van der Waals surface area contributed by atoms with Crippen molar-refractivity contribution in [1.29, 1.82) is 0 Å². The van der Waals surface area contributed by atoms with E-state index in [9.17, 15) is 13.6 Å². The van der Waals surface area contributed by atoms with Crippen LogP contribution in [-0.2, 0) is 4.79 Å². The number of amides is 1. The number of nitrogens with zero attached hydrogens (tertiary/aromatic N) is 1. The van der Waals surface area contributed by atoms with Crippen molar-refractivity contribution in [2.75, 3.05) is 5.32 Å². The summed E-state index contributed by atoms with van der Waals surface area (Å²) in [5.41, 5.74) is 1.19. The topological polar surface area (TPSA) is 51.2 Å². The molecule has 1 N–H and O–H groups in total. The second-order valence-electron chi connectivity index (χ2n) is 4.73. The van der Waals surface area contributed by atoms with E-state index in [1.807, 2.05) is 24.3 Å². The number of anilines is 1. The van der Waals surface area contributed by atoms with Crippen LogP contribution >= 0.6 is 11.3 Å². The zero-order valence-electron chi connectivity index (χ0n) is 12.3. The highest BCUT2D eigenvalue weighted by atomic mass is 32.1. The number of fused-ring (bicyclic) bond motifs is 1. The molecule has 0 aliphatic carbocycles. The minimum Gasteiger partial charge on any atom is -0.434 e. The SMILES string of the molecule is O=C(/C=C/c1ccccc1OC(F)F)Nc1nc2ccccc2s1. The molecule has 0 aliphatic rings. The minimum absolute atomic E-state index is 0.0107. The Balaban J connectivity index is 1.71.